The number of likely N-dealkylation sites (tertiary alicyclic amines) is 1. The Balaban J connectivity index is 1.18. The Morgan fingerprint density at radius 2 is 1.60 bits per heavy atom. The first kappa shape index (κ1) is 33.3. The van der Waals surface area contributed by atoms with Gasteiger partial charge in [0.25, 0.3) is 0 Å². The van der Waals surface area contributed by atoms with Gasteiger partial charge < -0.3 is 24.3 Å². The van der Waals surface area contributed by atoms with Gasteiger partial charge in [-0.15, -0.1) is 0 Å². The van der Waals surface area contributed by atoms with Gasteiger partial charge >= 0.3 is 12.2 Å². The fraction of sp³-hybridized carbons (Fsp3) is 0.474. The molecule has 4 aromatic rings. The van der Waals surface area contributed by atoms with E-state index in [1.54, 1.807) is 18.1 Å². The highest BCUT2D eigenvalue weighted by molar-refractivity contribution is 5.75. The lowest BCUT2D eigenvalue weighted by Gasteiger charge is -2.27. The van der Waals surface area contributed by atoms with Crippen molar-refractivity contribution >= 4 is 12.2 Å². The van der Waals surface area contributed by atoms with Crippen LogP contribution in [0.2, 0.25) is 0 Å². The van der Waals surface area contributed by atoms with Crippen LogP contribution < -0.4 is 0 Å². The summed E-state index contributed by atoms with van der Waals surface area (Å²) in [6.07, 6.45) is 5.85. The summed E-state index contributed by atoms with van der Waals surface area (Å²) in [5.74, 6) is 1.54. The molecule has 6 rings (SSSR count). The highest BCUT2D eigenvalue weighted by Gasteiger charge is 2.36. The second kappa shape index (κ2) is 12.8. The molecule has 10 heteroatoms. The lowest BCUT2D eigenvalue weighted by atomic mass is 9.95. The highest BCUT2D eigenvalue weighted by atomic mass is 16.6. The van der Waals surface area contributed by atoms with Crippen molar-refractivity contribution in [3.05, 3.63) is 71.6 Å². The van der Waals surface area contributed by atoms with Crippen LogP contribution in [0.4, 0.5) is 9.59 Å². The van der Waals surface area contributed by atoms with Crippen LogP contribution in [0.5, 0.6) is 0 Å². The van der Waals surface area contributed by atoms with Gasteiger partial charge in [0.15, 0.2) is 0 Å². The number of hydrogen-bond acceptors (Lipinski definition) is 6. The number of imidazole rings is 2. The predicted molar refractivity (Wildman–Crippen MR) is 186 cm³/mol. The summed E-state index contributed by atoms with van der Waals surface area (Å²) in [7, 11) is 1.72. The number of aromatic nitrogens is 4. The molecule has 0 unspecified atom stereocenters. The third-order valence-corrected chi connectivity index (χ3v) is 9.01. The molecule has 3 heterocycles. The third kappa shape index (κ3) is 7.12. The molecular formula is C38H48N6O4. The molecule has 2 atom stereocenters. The number of carbonyl (C=O) groups is 2. The lowest BCUT2D eigenvalue weighted by molar-refractivity contribution is 0.0212. The second-order valence-corrected chi connectivity index (χ2v) is 15.0. The second-order valence-electron chi connectivity index (χ2n) is 15.0. The normalized spacial score (nSPS) is 16.9. The highest BCUT2D eigenvalue weighted by Crippen LogP contribution is 2.38. The Kier molecular flexibility index (Phi) is 8.87. The number of ether oxygens (including phenoxy) is 2. The molecular weight excluding hydrogens is 604 g/mol. The van der Waals surface area contributed by atoms with Crippen LogP contribution in [0, 0.1) is 0 Å². The third-order valence-electron chi connectivity index (χ3n) is 9.01. The van der Waals surface area contributed by atoms with Crippen LogP contribution in [0.3, 0.4) is 0 Å². The first-order valence-corrected chi connectivity index (χ1v) is 17.0. The van der Waals surface area contributed by atoms with Gasteiger partial charge in [0.1, 0.15) is 22.9 Å². The van der Waals surface area contributed by atoms with Gasteiger partial charge in [0.05, 0.1) is 29.7 Å². The summed E-state index contributed by atoms with van der Waals surface area (Å²) in [5, 5.41) is 0. The number of aromatic amines is 2. The van der Waals surface area contributed by atoms with Gasteiger partial charge in [0.2, 0.25) is 0 Å². The number of fused-ring (bicyclic) bond motifs is 3. The molecule has 2 amide bonds. The maximum atomic E-state index is 13.0. The van der Waals surface area contributed by atoms with E-state index in [0.717, 1.165) is 77.3 Å². The Morgan fingerprint density at radius 1 is 0.917 bits per heavy atom. The maximum Gasteiger partial charge on any atom is 0.410 e. The number of benzene rings is 2. The topological polar surface area (TPSA) is 116 Å². The zero-order valence-electron chi connectivity index (χ0n) is 29.4. The first-order chi connectivity index (χ1) is 22.7. The largest absolute Gasteiger partial charge is 0.444 e. The number of amides is 2. The number of carbonyl (C=O) groups excluding carboxylic acids is 2. The van der Waals surface area contributed by atoms with Crippen LogP contribution in [0.15, 0.2) is 48.7 Å². The molecule has 254 valence electrons. The van der Waals surface area contributed by atoms with Crippen molar-refractivity contribution in [2.45, 2.75) is 104 Å². The van der Waals surface area contributed by atoms with E-state index >= 15 is 0 Å². The number of H-pyrrole nitrogens is 2. The molecule has 2 aromatic heterocycles. The molecule has 48 heavy (non-hydrogen) atoms. The summed E-state index contributed by atoms with van der Waals surface area (Å²) in [6.45, 7) is 13.9. The minimum absolute atomic E-state index is 0.104. The lowest BCUT2D eigenvalue weighted by Crippen LogP contribution is -2.36. The van der Waals surface area contributed by atoms with E-state index in [-0.39, 0.29) is 24.3 Å². The smallest absolute Gasteiger partial charge is 0.410 e. The number of nitrogens with one attached hydrogen (secondary N) is 2. The molecule has 0 bridgehead atoms. The standard InChI is InChI=1S/C38H48N6O4/c1-23(43(8)35(45)47-37(2,3)4)33-39-22-30(41-33)25-16-14-24(15-17-25)26-18-19-28-27(21-26)11-9-12-29-32(28)42-34(40-29)31-13-10-20-44(31)36(46)48-38(5,6)7/h14-19,21-23,31H,9-13,20H2,1-8H3,(H,39,41)(H,40,42)/t23-,31-/m0/s1. The average molecular weight is 653 g/mol. The maximum absolute atomic E-state index is 13.0. The zero-order valence-corrected chi connectivity index (χ0v) is 29.4. The quantitative estimate of drug-likeness (QED) is 0.223. The van der Waals surface area contributed by atoms with E-state index in [0.29, 0.717) is 12.4 Å². The van der Waals surface area contributed by atoms with Crippen molar-refractivity contribution in [1.29, 1.82) is 0 Å². The van der Waals surface area contributed by atoms with Gasteiger partial charge in [-0.25, -0.2) is 19.6 Å². The molecule has 2 aliphatic rings. The van der Waals surface area contributed by atoms with Gasteiger partial charge in [-0.1, -0.05) is 42.5 Å². The van der Waals surface area contributed by atoms with E-state index < -0.39 is 11.2 Å². The zero-order chi connectivity index (χ0) is 34.4. The molecule has 1 saturated heterocycles. The summed E-state index contributed by atoms with van der Waals surface area (Å²) in [4.78, 5) is 45.6. The number of nitrogens with zero attached hydrogens (tertiary/aromatic N) is 4. The number of hydrogen-bond donors (Lipinski definition) is 2. The van der Waals surface area contributed by atoms with Crippen molar-refractivity contribution in [2.75, 3.05) is 13.6 Å². The average Bonchev–Trinajstić information content (AvgIpc) is 3.77. The summed E-state index contributed by atoms with van der Waals surface area (Å²) < 4.78 is 11.2. The molecule has 0 radical (unpaired) electrons. The summed E-state index contributed by atoms with van der Waals surface area (Å²) in [5.41, 5.74) is 7.66. The molecule has 0 spiro atoms. The minimum atomic E-state index is -0.564. The minimum Gasteiger partial charge on any atom is -0.444 e. The Bertz CT molecular complexity index is 1790. The Hall–Kier alpha value is -4.60. The van der Waals surface area contributed by atoms with E-state index in [1.807, 2.05) is 53.4 Å². The van der Waals surface area contributed by atoms with E-state index in [4.69, 9.17) is 14.5 Å². The van der Waals surface area contributed by atoms with Crippen LogP contribution in [0.25, 0.3) is 33.6 Å². The van der Waals surface area contributed by atoms with E-state index in [2.05, 4.69) is 57.4 Å². The van der Waals surface area contributed by atoms with Crippen molar-refractivity contribution < 1.29 is 19.1 Å². The van der Waals surface area contributed by atoms with Crippen LogP contribution in [-0.4, -0.2) is 66.7 Å². The molecule has 0 saturated carbocycles. The van der Waals surface area contributed by atoms with E-state index in [1.165, 1.54) is 5.56 Å². The van der Waals surface area contributed by atoms with Crippen molar-refractivity contribution in [3.8, 4) is 33.6 Å². The van der Waals surface area contributed by atoms with Gasteiger partial charge in [-0.05, 0) is 103 Å². The fourth-order valence-corrected chi connectivity index (χ4v) is 6.46. The van der Waals surface area contributed by atoms with Crippen molar-refractivity contribution in [1.82, 2.24) is 29.7 Å². The number of rotatable bonds is 5. The monoisotopic (exact) mass is 652 g/mol. The molecule has 1 aliphatic heterocycles. The Morgan fingerprint density at radius 3 is 2.31 bits per heavy atom. The van der Waals surface area contributed by atoms with Crippen LogP contribution in [-0.2, 0) is 22.3 Å². The van der Waals surface area contributed by atoms with Crippen molar-refractivity contribution in [3.63, 3.8) is 0 Å². The van der Waals surface area contributed by atoms with Gasteiger partial charge in [-0.3, -0.25) is 4.90 Å². The SMILES string of the molecule is C[C@@H](c1ncc(-c2ccc(-c3ccc4c(c3)CCCc3[nH]c([C@@H]5CCCN5C(=O)OC(C)(C)C)nc3-4)cc2)[nH]1)N(C)C(=O)OC(C)(C)C. The van der Waals surface area contributed by atoms with E-state index in [9.17, 15) is 9.59 Å². The summed E-state index contributed by atoms with van der Waals surface area (Å²) >= 11 is 0. The van der Waals surface area contributed by atoms with Crippen LogP contribution in [0.1, 0.15) is 103 Å². The first-order valence-electron chi connectivity index (χ1n) is 17.0. The van der Waals surface area contributed by atoms with Gasteiger partial charge in [-0.2, -0.15) is 0 Å². The number of aryl methyl sites for hydroxylation is 2. The summed E-state index contributed by atoms with van der Waals surface area (Å²) in [6, 6.07) is 14.7. The van der Waals surface area contributed by atoms with Crippen molar-refractivity contribution in [2.24, 2.45) is 0 Å². The molecule has 2 aromatic carbocycles. The molecule has 1 aliphatic carbocycles. The predicted octanol–water partition coefficient (Wildman–Crippen LogP) is 8.62. The fourth-order valence-electron chi connectivity index (χ4n) is 6.46. The Labute approximate surface area is 283 Å². The molecule has 1 fully saturated rings. The van der Waals surface area contributed by atoms with Gasteiger partial charge in [0, 0.05) is 24.8 Å². The molecule has 10 nitrogen and oxygen atoms in total. The van der Waals surface area contributed by atoms with Crippen LogP contribution >= 0.6 is 0 Å². The molecule has 2 N–H and O–H groups in total.